The first-order valence-corrected chi connectivity index (χ1v) is 8.08. The zero-order valence-electron chi connectivity index (χ0n) is 14.4. The van der Waals surface area contributed by atoms with Crippen molar-refractivity contribution in [1.82, 2.24) is 0 Å². The Morgan fingerprint density at radius 3 is 2.04 bits per heavy atom. The van der Waals surface area contributed by atoms with Gasteiger partial charge in [-0.15, -0.1) is 17.0 Å². The van der Waals surface area contributed by atoms with Crippen molar-refractivity contribution in [1.29, 1.82) is 0 Å². The number of halogens is 1. The first-order chi connectivity index (χ1) is 12.0. The molecule has 158 valence electrons. The molecule has 1 heterocycles. The minimum absolute atomic E-state index is 0. The number of hydrogen-bond donors (Lipinski definition) is 8. The van der Waals surface area contributed by atoms with Crippen LogP contribution >= 0.6 is 17.0 Å². The summed E-state index contributed by atoms with van der Waals surface area (Å²) in [6, 6.07) is -1.46. The molecule has 10 N–H and O–H groups in total. The van der Waals surface area contributed by atoms with Crippen LogP contribution in [-0.4, -0.2) is 104 Å². The van der Waals surface area contributed by atoms with Crippen molar-refractivity contribution in [2.24, 2.45) is 16.5 Å². The Labute approximate surface area is 165 Å². The molecule has 1 saturated carbocycles. The summed E-state index contributed by atoms with van der Waals surface area (Å²) in [5.74, 6) is -1.96. The van der Waals surface area contributed by atoms with Gasteiger partial charge in [0.05, 0.1) is 18.2 Å². The standard InChI is InChI=1S/C14H25N3O9.BrH/c1-3-5(17-12(16)13(23)24)2-4(15)14(25-3)26-11-9(21)7(19)6(18)8(20)10(11)22;/h3-11,14,18-22H,2,15H2,1H3,(H2,16,17)(H,23,24);1H/t3-,4+,5+,6?,7+,8+,9-,10+,11?,14-;/m1./s1. The number of nitrogens with two attached hydrogens (primary N) is 2. The molecule has 2 fully saturated rings. The topological polar surface area (TPSA) is 221 Å². The number of amidine groups is 1. The molecule has 2 aliphatic rings. The summed E-state index contributed by atoms with van der Waals surface area (Å²) in [5, 5.41) is 57.8. The first-order valence-electron chi connectivity index (χ1n) is 8.08. The van der Waals surface area contributed by atoms with Gasteiger partial charge in [0.15, 0.2) is 6.29 Å². The first kappa shape index (κ1) is 24.1. The molecule has 2 rings (SSSR count). The van der Waals surface area contributed by atoms with Gasteiger partial charge in [-0.3, -0.25) is 4.99 Å². The molecule has 0 bridgehead atoms. The van der Waals surface area contributed by atoms with Gasteiger partial charge in [0.2, 0.25) is 5.84 Å². The molecule has 1 aliphatic carbocycles. The zero-order valence-corrected chi connectivity index (χ0v) is 16.1. The summed E-state index contributed by atoms with van der Waals surface area (Å²) < 4.78 is 11.0. The van der Waals surface area contributed by atoms with Gasteiger partial charge in [-0.25, -0.2) is 4.79 Å². The average molecular weight is 460 g/mol. The summed E-state index contributed by atoms with van der Waals surface area (Å²) in [7, 11) is 0. The quantitative estimate of drug-likeness (QED) is 0.150. The number of nitrogens with zero attached hydrogens (tertiary/aromatic N) is 1. The number of aliphatic hydroxyl groups is 5. The minimum atomic E-state index is -1.74. The number of ether oxygens (including phenoxy) is 2. The Morgan fingerprint density at radius 2 is 1.56 bits per heavy atom. The van der Waals surface area contributed by atoms with Gasteiger partial charge < -0.3 is 51.6 Å². The highest BCUT2D eigenvalue weighted by Crippen LogP contribution is 2.29. The Kier molecular flexibility index (Phi) is 8.53. The Balaban J connectivity index is 0.00000364. The molecule has 13 heteroatoms. The maximum atomic E-state index is 10.8. The highest BCUT2D eigenvalue weighted by atomic mass is 79.9. The lowest BCUT2D eigenvalue weighted by Crippen LogP contribution is -2.66. The van der Waals surface area contributed by atoms with E-state index in [9.17, 15) is 30.3 Å². The van der Waals surface area contributed by atoms with Crippen molar-refractivity contribution in [3.63, 3.8) is 0 Å². The van der Waals surface area contributed by atoms with Gasteiger partial charge in [-0.1, -0.05) is 0 Å². The molecular weight excluding hydrogens is 434 g/mol. The van der Waals surface area contributed by atoms with Gasteiger partial charge in [-0.05, 0) is 13.3 Å². The Morgan fingerprint density at radius 1 is 1.07 bits per heavy atom. The van der Waals surface area contributed by atoms with Gasteiger partial charge >= 0.3 is 5.97 Å². The average Bonchev–Trinajstić information content (AvgIpc) is 2.58. The molecule has 27 heavy (non-hydrogen) atoms. The number of carboxylic acid groups (broad SMARTS) is 1. The summed E-state index contributed by atoms with van der Waals surface area (Å²) in [4.78, 5) is 14.6. The van der Waals surface area contributed by atoms with E-state index in [1.54, 1.807) is 6.92 Å². The van der Waals surface area contributed by atoms with Crippen LogP contribution in [-0.2, 0) is 14.3 Å². The van der Waals surface area contributed by atoms with Crippen molar-refractivity contribution in [3.05, 3.63) is 0 Å². The van der Waals surface area contributed by atoms with E-state index < -0.39 is 72.9 Å². The van der Waals surface area contributed by atoms with Crippen LogP contribution < -0.4 is 11.5 Å². The number of rotatable bonds is 3. The van der Waals surface area contributed by atoms with E-state index in [1.807, 2.05) is 0 Å². The number of carbonyl (C=O) groups is 1. The molecule has 10 atom stereocenters. The van der Waals surface area contributed by atoms with Gasteiger partial charge in [0.25, 0.3) is 0 Å². The van der Waals surface area contributed by atoms with E-state index in [1.165, 1.54) is 0 Å². The molecule has 0 aromatic rings. The Bertz CT molecular complexity index is 538. The van der Waals surface area contributed by atoms with Gasteiger partial charge in [-0.2, -0.15) is 0 Å². The minimum Gasteiger partial charge on any atom is -0.475 e. The second kappa shape index (κ2) is 9.54. The van der Waals surface area contributed by atoms with Crippen LogP contribution in [0.15, 0.2) is 4.99 Å². The van der Waals surface area contributed by atoms with E-state index in [2.05, 4.69) is 4.99 Å². The molecule has 0 amide bonds. The van der Waals surface area contributed by atoms with Crippen molar-refractivity contribution in [3.8, 4) is 0 Å². The van der Waals surface area contributed by atoms with Crippen molar-refractivity contribution >= 4 is 28.8 Å². The van der Waals surface area contributed by atoms with Gasteiger partial charge in [0.1, 0.15) is 36.6 Å². The summed E-state index contributed by atoms with van der Waals surface area (Å²) in [5.41, 5.74) is 11.2. The van der Waals surface area contributed by atoms with Crippen LogP contribution in [0, 0.1) is 0 Å². The molecule has 0 aromatic heterocycles. The molecule has 0 radical (unpaired) electrons. The molecule has 1 saturated heterocycles. The molecular formula is C14H26BrN3O9. The molecule has 0 aromatic carbocycles. The second-order valence-electron chi connectivity index (χ2n) is 6.55. The highest BCUT2D eigenvalue weighted by molar-refractivity contribution is 8.93. The van der Waals surface area contributed by atoms with Crippen molar-refractivity contribution < 1.29 is 44.9 Å². The normalized spacial score (nSPS) is 45.8. The molecule has 12 nitrogen and oxygen atoms in total. The third kappa shape index (κ3) is 5.13. The predicted octanol–water partition coefficient (Wildman–Crippen LogP) is -3.96. The fourth-order valence-corrected chi connectivity index (χ4v) is 3.02. The van der Waals surface area contributed by atoms with E-state index in [0.29, 0.717) is 0 Å². The summed E-state index contributed by atoms with van der Waals surface area (Å²) in [6.45, 7) is 1.59. The summed E-state index contributed by atoms with van der Waals surface area (Å²) in [6.07, 6.45) is -11.7. The van der Waals surface area contributed by atoms with E-state index in [0.717, 1.165) is 0 Å². The third-order valence-corrected chi connectivity index (χ3v) is 4.64. The van der Waals surface area contributed by atoms with Crippen LogP contribution in [0.1, 0.15) is 13.3 Å². The van der Waals surface area contributed by atoms with E-state index in [4.69, 9.17) is 26.0 Å². The molecule has 0 spiro atoms. The zero-order chi connectivity index (χ0) is 19.8. The third-order valence-electron chi connectivity index (χ3n) is 4.64. The lowest BCUT2D eigenvalue weighted by molar-refractivity contribution is -0.293. The van der Waals surface area contributed by atoms with Crippen molar-refractivity contribution in [2.75, 3.05) is 0 Å². The second-order valence-corrected chi connectivity index (χ2v) is 6.55. The number of aliphatic carboxylic acids is 1. The van der Waals surface area contributed by atoms with E-state index >= 15 is 0 Å². The maximum Gasteiger partial charge on any atom is 0.370 e. The van der Waals surface area contributed by atoms with Crippen LogP contribution in [0.5, 0.6) is 0 Å². The lowest BCUT2D eigenvalue weighted by atomic mass is 9.84. The number of aliphatic imine (C=N–C) groups is 1. The van der Waals surface area contributed by atoms with E-state index in [-0.39, 0.29) is 23.4 Å². The summed E-state index contributed by atoms with van der Waals surface area (Å²) >= 11 is 0. The van der Waals surface area contributed by atoms with Crippen LogP contribution in [0.4, 0.5) is 0 Å². The van der Waals surface area contributed by atoms with Crippen molar-refractivity contribution in [2.45, 2.75) is 74.4 Å². The fourth-order valence-electron chi connectivity index (χ4n) is 3.02. The lowest BCUT2D eigenvalue weighted by Gasteiger charge is -2.45. The largest absolute Gasteiger partial charge is 0.475 e. The van der Waals surface area contributed by atoms with Crippen LogP contribution in [0.2, 0.25) is 0 Å². The smallest absolute Gasteiger partial charge is 0.370 e. The predicted molar refractivity (Wildman–Crippen MR) is 95.2 cm³/mol. The Hall–Kier alpha value is -0.900. The number of aliphatic hydroxyl groups excluding tert-OH is 5. The monoisotopic (exact) mass is 459 g/mol. The maximum absolute atomic E-state index is 10.8. The van der Waals surface area contributed by atoms with Crippen LogP contribution in [0.25, 0.3) is 0 Å². The molecule has 1 aliphatic heterocycles. The number of hydrogen-bond acceptors (Lipinski definition) is 10. The molecule has 2 unspecified atom stereocenters. The van der Waals surface area contributed by atoms with Gasteiger partial charge in [0, 0.05) is 0 Å². The van der Waals surface area contributed by atoms with Crippen LogP contribution in [0.3, 0.4) is 0 Å². The number of carboxylic acids is 1. The fraction of sp³-hybridized carbons (Fsp3) is 0.857. The SMILES string of the molecule is Br.C[C@H]1O[C@H](OC2[C@@H](O)[C@@H](O)C(O)[C@H](O)[C@H]2O)[C@@H](N)C[C@@H]1N=C(N)C(=O)O. The highest BCUT2D eigenvalue weighted by Gasteiger charge is 2.50.